The van der Waals surface area contributed by atoms with Crippen LogP contribution in [0.3, 0.4) is 0 Å². The van der Waals surface area contributed by atoms with E-state index in [0.717, 1.165) is 38.7 Å². The smallest absolute Gasteiger partial charge is 0.160 e. The Morgan fingerprint density at radius 2 is 1.64 bits per heavy atom. The van der Waals surface area contributed by atoms with Gasteiger partial charge in [-0.2, -0.15) is 0 Å². The van der Waals surface area contributed by atoms with Crippen molar-refractivity contribution in [3.05, 3.63) is 85.4 Å². The first-order chi connectivity index (χ1) is 12.4. The predicted octanol–water partition coefficient (Wildman–Crippen LogP) is 5.71. The number of aromatic nitrogens is 2. The average Bonchev–Trinajstić information content (AvgIpc) is 3.17. The van der Waals surface area contributed by atoms with E-state index in [1.807, 2.05) is 42.6 Å². The van der Waals surface area contributed by atoms with Gasteiger partial charge in [-0.1, -0.05) is 36.4 Å². The summed E-state index contributed by atoms with van der Waals surface area (Å²) in [5.41, 5.74) is 6.01. The van der Waals surface area contributed by atoms with Crippen molar-refractivity contribution in [3.63, 3.8) is 0 Å². The van der Waals surface area contributed by atoms with Gasteiger partial charge in [0.15, 0.2) is 5.58 Å². The van der Waals surface area contributed by atoms with E-state index in [0.29, 0.717) is 0 Å². The molecule has 0 radical (unpaired) electrons. The van der Waals surface area contributed by atoms with Crippen molar-refractivity contribution in [1.82, 2.24) is 9.97 Å². The maximum Gasteiger partial charge on any atom is 0.160 e. The molecular formula is C22H14N2O. The van der Waals surface area contributed by atoms with Crippen LogP contribution in [0.4, 0.5) is 0 Å². The molecule has 0 bridgehead atoms. The van der Waals surface area contributed by atoms with E-state index >= 15 is 0 Å². The molecule has 118 valence electrons. The van der Waals surface area contributed by atoms with E-state index in [4.69, 9.17) is 4.42 Å². The molecule has 5 aromatic rings. The molecule has 0 saturated heterocycles. The Morgan fingerprint density at radius 1 is 0.720 bits per heavy atom. The van der Waals surface area contributed by atoms with E-state index in [1.165, 1.54) is 5.56 Å². The van der Waals surface area contributed by atoms with Gasteiger partial charge in [0.05, 0.1) is 12.0 Å². The number of rotatable bonds is 2. The molecule has 0 N–H and O–H groups in total. The highest BCUT2D eigenvalue weighted by molar-refractivity contribution is 6.09. The maximum absolute atomic E-state index is 5.63. The molecule has 5 rings (SSSR count). The van der Waals surface area contributed by atoms with Crippen molar-refractivity contribution in [1.29, 1.82) is 0 Å². The first kappa shape index (κ1) is 13.9. The predicted molar refractivity (Wildman–Crippen MR) is 100 cm³/mol. The molecule has 0 aliphatic heterocycles. The molecule has 0 saturated carbocycles. The zero-order valence-corrected chi connectivity index (χ0v) is 13.4. The largest absolute Gasteiger partial charge is 0.462 e. The summed E-state index contributed by atoms with van der Waals surface area (Å²) in [6, 6.07) is 22.6. The Balaban J connectivity index is 1.78. The minimum absolute atomic E-state index is 0.818. The summed E-state index contributed by atoms with van der Waals surface area (Å²) in [5, 5.41) is 2.08. The molecule has 3 heteroatoms. The molecule has 0 amide bonds. The van der Waals surface area contributed by atoms with E-state index in [1.54, 1.807) is 12.5 Å². The Morgan fingerprint density at radius 3 is 2.56 bits per heavy atom. The normalized spacial score (nSPS) is 11.2. The van der Waals surface area contributed by atoms with Gasteiger partial charge in [-0.3, -0.25) is 9.97 Å². The van der Waals surface area contributed by atoms with Crippen LogP contribution in [0.15, 0.2) is 89.8 Å². The Hall–Kier alpha value is -3.46. The van der Waals surface area contributed by atoms with Gasteiger partial charge < -0.3 is 4.42 Å². The third kappa shape index (κ3) is 2.29. The fourth-order valence-electron chi connectivity index (χ4n) is 3.26. The summed E-state index contributed by atoms with van der Waals surface area (Å²) in [6.45, 7) is 0. The first-order valence-corrected chi connectivity index (χ1v) is 8.17. The van der Waals surface area contributed by atoms with Crippen molar-refractivity contribution >= 4 is 21.9 Å². The van der Waals surface area contributed by atoms with Crippen molar-refractivity contribution in [2.45, 2.75) is 0 Å². The number of pyridine rings is 2. The van der Waals surface area contributed by atoms with Gasteiger partial charge in [-0.25, -0.2) is 0 Å². The molecule has 0 atom stereocenters. The van der Waals surface area contributed by atoms with Gasteiger partial charge in [-0.05, 0) is 41.5 Å². The molecular weight excluding hydrogens is 308 g/mol. The number of fused-ring (bicyclic) bond motifs is 3. The summed E-state index contributed by atoms with van der Waals surface area (Å²) in [5.74, 6) is 0. The monoisotopic (exact) mass is 322 g/mol. The number of hydrogen-bond donors (Lipinski definition) is 0. The molecule has 25 heavy (non-hydrogen) atoms. The van der Waals surface area contributed by atoms with Crippen LogP contribution in [0.1, 0.15) is 0 Å². The van der Waals surface area contributed by atoms with E-state index in [2.05, 4.69) is 40.3 Å². The van der Waals surface area contributed by atoms with Gasteiger partial charge >= 0.3 is 0 Å². The van der Waals surface area contributed by atoms with Gasteiger partial charge in [-0.15, -0.1) is 0 Å². The van der Waals surface area contributed by atoms with Crippen LogP contribution in [-0.4, -0.2) is 9.97 Å². The molecule has 0 aliphatic carbocycles. The summed E-state index contributed by atoms with van der Waals surface area (Å²) in [6.07, 6.45) is 5.36. The fourth-order valence-corrected chi connectivity index (χ4v) is 3.26. The van der Waals surface area contributed by atoms with Crippen LogP contribution in [0.5, 0.6) is 0 Å². The molecule has 3 heterocycles. The Labute approximate surface area is 144 Å². The highest BCUT2D eigenvalue weighted by Gasteiger charge is 2.12. The number of hydrogen-bond acceptors (Lipinski definition) is 3. The van der Waals surface area contributed by atoms with E-state index in [9.17, 15) is 0 Å². The summed E-state index contributed by atoms with van der Waals surface area (Å²) < 4.78 is 5.63. The SMILES string of the molecule is c1ccc(-c2ccnc(-c3cc4ccoc4c4ncccc34)c2)cc1. The lowest BCUT2D eigenvalue weighted by atomic mass is 9.99. The standard InChI is InChI=1S/C22H14N2O/c1-2-5-15(6-3-1)16-8-11-23-20(14-16)19-13-17-9-12-25-22(17)21-18(19)7-4-10-24-21/h1-14H. The van der Waals surface area contributed by atoms with Crippen LogP contribution in [0.2, 0.25) is 0 Å². The van der Waals surface area contributed by atoms with Crippen LogP contribution in [-0.2, 0) is 0 Å². The van der Waals surface area contributed by atoms with Gasteiger partial charge in [0, 0.05) is 28.7 Å². The van der Waals surface area contributed by atoms with E-state index < -0.39 is 0 Å². The second-order valence-corrected chi connectivity index (χ2v) is 5.96. The van der Waals surface area contributed by atoms with Gasteiger partial charge in [0.2, 0.25) is 0 Å². The average molecular weight is 322 g/mol. The zero-order chi connectivity index (χ0) is 16.6. The van der Waals surface area contributed by atoms with Crippen molar-refractivity contribution in [2.24, 2.45) is 0 Å². The van der Waals surface area contributed by atoms with Crippen LogP contribution in [0.25, 0.3) is 44.3 Å². The molecule has 2 aromatic carbocycles. The van der Waals surface area contributed by atoms with Crippen LogP contribution in [0, 0.1) is 0 Å². The van der Waals surface area contributed by atoms with Crippen molar-refractivity contribution < 1.29 is 4.42 Å². The number of nitrogens with zero attached hydrogens (tertiary/aromatic N) is 2. The van der Waals surface area contributed by atoms with Crippen LogP contribution >= 0.6 is 0 Å². The first-order valence-electron chi connectivity index (χ1n) is 8.17. The topological polar surface area (TPSA) is 38.9 Å². The second-order valence-electron chi connectivity index (χ2n) is 5.96. The quantitative estimate of drug-likeness (QED) is 0.418. The zero-order valence-electron chi connectivity index (χ0n) is 13.4. The number of benzene rings is 2. The lowest BCUT2D eigenvalue weighted by Crippen LogP contribution is -1.89. The molecule has 0 fully saturated rings. The molecule has 3 nitrogen and oxygen atoms in total. The lowest BCUT2D eigenvalue weighted by molar-refractivity contribution is 0.618. The maximum atomic E-state index is 5.63. The van der Waals surface area contributed by atoms with Crippen LogP contribution < -0.4 is 0 Å². The molecule has 0 unspecified atom stereocenters. The summed E-state index contributed by atoms with van der Waals surface area (Å²) in [4.78, 5) is 9.14. The highest BCUT2D eigenvalue weighted by atomic mass is 16.3. The Bertz CT molecular complexity index is 1190. The minimum Gasteiger partial charge on any atom is -0.462 e. The van der Waals surface area contributed by atoms with E-state index in [-0.39, 0.29) is 0 Å². The molecule has 0 aliphatic rings. The minimum atomic E-state index is 0.818. The van der Waals surface area contributed by atoms with Crippen molar-refractivity contribution in [2.75, 3.05) is 0 Å². The molecule has 3 aromatic heterocycles. The summed E-state index contributed by atoms with van der Waals surface area (Å²) in [7, 11) is 0. The second kappa shape index (κ2) is 5.56. The fraction of sp³-hybridized carbons (Fsp3) is 0. The van der Waals surface area contributed by atoms with Gasteiger partial charge in [0.1, 0.15) is 5.52 Å². The van der Waals surface area contributed by atoms with Gasteiger partial charge in [0.25, 0.3) is 0 Å². The number of furan rings is 1. The lowest BCUT2D eigenvalue weighted by Gasteiger charge is -2.08. The summed E-state index contributed by atoms with van der Waals surface area (Å²) >= 11 is 0. The third-order valence-corrected chi connectivity index (χ3v) is 4.45. The highest BCUT2D eigenvalue weighted by Crippen LogP contribution is 2.34. The van der Waals surface area contributed by atoms with Crippen molar-refractivity contribution in [3.8, 4) is 22.4 Å². The molecule has 0 spiro atoms. The Kier molecular flexibility index (Phi) is 3.10. The third-order valence-electron chi connectivity index (χ3n) is 4.45.